The smallest absolute Gasteiger partial charge is 0.217 e. The number of fused-ring (bicyclic) bond motifs is 1. The van der Waals surface area contributed by atoms with Crippen molar-refractivity contribution >= 4 is 5.91 Å². The zero-order chi connectivity index (χ0) is 28.2. The van der Waals surface area contributed by atoms with Gasteiger partial charge in [0.15, 0.2) is 18.9 Å². The van der Waals surface area contributed by atoms with E-state index in [4.69, 9.17) is 28.4 Å². The highest BCUT2D eigenvalue weighted by atomic mass is 16.8. The molecule has 12 nitrogen and oxygen atoms in total. The maximum absolute atomic E-state index is 11.9. The molecule has 1 amide bonds. The Balaban J connectivity index is 1.42. The van der Waals surface area contributed by atoms with Crippen molar-refractivity contribution in [3.8, 4) is 0 Å². The fourth-order valence-electron chi connectivity index (χ4n) is 5.19. The van der Waals surface area contributed by atoms with Crippen molar-refractivity contribution in [3.05, 3.63) is 71.8 Å². The summed E-state index contributed by atoms with van der Waals surface area (Å²) in [5, 5.41) is 44.4. The lowest BCUT2D eigenvalue weighted by Gasteiger charge is -2.50. The van der Waals surface area contributed by atoms with Crippen LogP contribution in [0.1, 0.15) is 24.3 Å². The zero-order valence-electron chi connectivity index (χ0n) is 21.9. The minimum atomic E-state index is -1.53. The van der Waals surface area contributed by atoms with Gasteiger partial charge >= 0.3 is 0 Å². The number of ether oxygens (including phenoxy) is 6. The van der Waals surface area contributed by atoms with E-state index in [0.29, 0.717) is 0 Å². The molecule has 3 fully saturated rings. The first kappa shape index (κ1) is 29.0. The number of aliphatic hydroxyl groups is 4. The monoisotopic (exact) mass is 561 g/mol. The third-order valence-electron chi connectivity index (χ3n) is 7.20. The summed E-state index contributed by atoms with van der Waals surface area (Å²) in [4.78, 5) is 11.9. The number of hydrogen-bond donors (Lipinski definition) is 5. The van der Waals surface area contributed by atoms with Gasteiger partial charge in [-0.2, -0.15) is 0 Å². The van der Waals surface area contributed by atoms with Crippen LogP contribution in [0, 0.1) is 0 Å². The molecule has 0 radical (unpaired) electrons. The molecule has 11 atom stereocenters. The maximum atomic E-state index is 11.9. The molecule has 3 saturated heterocycles. The lowest BCUT2D eigenvalue weighted by Crippen LogP contribution is -2.68. The van der Waals surface area contributed by atoms with E-state index in [2.05, 4.69) is 5.32 Å². The number of hydrogen-bond acceptors (Lipinski definition) is 11. The van der Waals surface area contributed by atoms with E-state index in [0.717, 1.165) is 11.1 Å². The second-order valence-electron chi connectivity index (χ2n) is 10.0. The highest BCUT2D eigenvalue weighted by molar-refractivity contribution is 5.73. The Labute approximate surface area is 231 Å². The highest BCUT2D eigenvalue weighted by Crippen LogP contribution is 2.37. The zero-order valence-corrected chi connectivity index (χ0v) is 21.9. The van der Waals surface area contributed by atoms with E-state index in [1.54, 1.807) is 0 Å². The molecule has 0 aliphatic carbocycles. The summed E-state index contributed by atoms with van der Waals surface area (Å²) in [7, 11) is 0. The maximum Gasteiger partial charge on any atom is 0.217 e. The molecular formula is C28H35NO11. The largest absolute Gasteiger partial charge is 0.394 e. The Morgan fingerprint density at radius 2 is 1.65 bits per heavy atom. The molecule has 3 heterocycles. The summed E-state index contributed by atoms with van der Waals surface area (Å²) in [6.45, 7) is 0.892. The topological polar surface area (TPSA) is 165 Å². The van der Waals surface area contributed by atoms with Gasteiger partial charge in [0.2, 0.25) is 5.91 Å². The van der Waals surface area contributed by atoms with Crippen LogP contribution >= 0.6 is 0 Å². The lowest BCUT2D eigenvalue weighted by molar-refractivity contribution is -0.386. The van der Waals surface area contributed by atoms with Crippen LogP contribution in [-0.4, -0.2) is 101 Å². The Kier molecular flexibility index (Phi) is 9.43. The Morgan fingerprint density at radius 3 is 2.33 bits per heavy atom. The average molecular weight is 562 g/mol. The molecule has 12 heteroatoms. The van der Waals surface area contributed by atoms with Gasteiger partial charge in [-0.1, -0.05) is 60.7 Å². The molecule has 5 rings (SSSR count). The van der Waals surface area contributed by atoms with Gasteiger partial charge in [0.05, 0.1) is 19.8 Å². The third kappa shape index (κ3) is 6.37. The van der Waals surface area contributed by atoms with E-state index in [1.165, 1.54) is 6.92 Å². The van der Waals surface area contributed by atoms with Gasteiger partial charge in [0, 0.05) is 12.5 Å². The van der Waals surface area contributed by atoms with E-state index in [9.17, 15) is 25.2 Å². The van der Waals surface area contributed by atoms with Crippen LogP contribution in [0.5, 0.6) is 0 Å². The van der Waals surface area contributed by atoms with Crippen LogP contribution in [-0.2, 0) is 39.8 Å². The summed E-state index contributed by atoms with van der Waals surface area (Å²) in [5.41, 5.74) is 1.66. The molecule has 2 aromatic rings. The van der Waals surface area contributed by atoms with Crippen molar-refractivity contribution in [3.63, 3.8) is 0 Å². The van der Waals surface area contributed by atoms with Gasteiger partial charge in [-0.05, 0) is 5.56 Å². The first-order chi connectivity index (χ1) is 19.4. The van der Waals surface area contributed by atoms with Crippen molar-refractivity contribution in [1.82, 2.24) is 5.32 Å². The first-order valence-electron chi connectivity index (χ1n) is 13.2. The van der Waals surface area contributed by atoms with Gasteiger partial charge in [0.25, 0.3) is 0 Å². The number of benzene rings is 2. The van der Waals surface area contributed by atoms with Crippen molar-refractivity contribution in [2.45, 2.75) is 81.2 Å². The van der Waals surface area contributed by atoms with Crippen molar-refractivity contribution < 1.29 is 53.6 Å². The van der Waals surface area contributed by atoms with E-state index < -0.39 is 80.2 Å². The molecule has 3 aliphatic rings. The predicted octanol–water partition coefficient (Wildman–Crippen LogP) is -0.268. The van der Waals surface area contributed by atoms with Crippen LogP contribution in [0.2, 0.25) is 0 Å². The minimum Gasteiger partial charge on any atom is -0.394 e. The molecule has 3 aliphatic heterocycles. The van der Waals surface area contributed by atoms with Crippen molar-refractivity contribution in [2.75, 3.05) is 13.2 Å². The van der Waals surface area contributed by atoms with Crippen LogP contribution in [0.15, 0.2) is 60.7 Å². The fraction of sp³-hybridized carbons (Fsp3) is 0.536. The van der Waals surface area contributed by atoms with Gasteiger partial charge in [-0.25, -0.2) is 0 Å². The van der Waals surface area contributed by atoms with E-state index >= 15 is 0 Å². The summed E-state index contributed by atoms with van der Waals surface area (Å²) >= 11 is 0. The average Bonchev–Trinajstić information content (AvgIpc) is 2.97. The number of nitrogens with one attached hydrogen (secondary N) is 1. The quantitative estimate of drug-likeness (QED) is 0.288. The van der Waals surface area contributed by atoms with Crippen molar-refractivity contribution in [2.24, 2.45) is 0 Å². The van der Waals surface area contributed by atoms with Gasteiger partial charge in [-0.3, -0.25) is 4.79 Å². The number of amides is 1. The second-order valence-corrected chi connectivity index (χ2v) is 10.0. The van der Waals surface area contributed by atoms with Crippen LogP contribution in [0.4, 0.5) is 0 Å². The molecule has 218 valence electrons. The molecule has 0 saturated carbocycles. The number of rotatable bonds is 8. The highest BCUT2D eigenvalue weighted by Gasteiger charge is 2.54. The summed E-state index contributed by atoms with van der Waals surface area (Å²) in [6.07, 6.45) is -11.4. The lowest BCUT2D eigenvalue weighted by atomic mass is 9.95. The summed E-state index contributed by atoms with van der Waals surface area (Å²) < 4.78 is 36.2. The predicted molar refractivity (Wildman–Crippen MR) is 136 cm³/mol. The van der Waals surface area contributed by atoms with Gasteiger partial charge in [0.1, 0.15) is 48.8 Å². The molecule has 0 spiro atoms. The third-order valence-corrected chi connectivity index (χ3v) is 7.20. The molecule has 2 aromatic carbocycles. The molecule has 0 aromatic heterocycles. The van der Waals surface area contributed by atoms with Gasteiger partial charge < -0.3 is 54.2 Å². The molecule has 11 unspecified atom stereocenters. The van der Waals surface area contributed by atoms with Crippen molar-refractivity contribution in [1.29, 1.82) is 0 Å². The van der Waals surface area contributed by atoms with Gasteiger partial charge in [-0.15, -0.1) is 0 Å². The van der Waals surface area contributed by atoms with Crippen LogP contribution in [0.25, 0.3) is 0 Å². The Hall–Kier alpha value is -2.49. The Bertz CT molecular complexity index is 1090. The molecule has 40 heavy (non-hydrogen) atoms. The number of carbonyl (C=O) groups excluding carboxylic acids is 1. The fourth-order valence-corrected chi connectivity index (χ4v) is 5.19. The van der Waals surface area contributed by atoms with E-state index in [1.807, 2.05) is 60.7 Å². The SMILES string of the molecule is CC(=O)NC1C(OC2C(O)OC3COC(c4ccccc4)OC3C2OCc2ccccc2)OC(CO)C(O)C1O. The minimum absolute atomic E-state index is 0.116. The second kappa shape index (κ2) is 13.0. The van der Waals surface area contributed by atoms with Crippen LogP contribution < -0.4 is 5.32 Å². The molecule has 5 N–H and O–H groups in total. The number of aliphatic hydroxyl groups excluding tert-OH is 4. The number of carbonyl (C=O) groups is 1. The summed E-state index contributed by atoms with van der Waals surface area (Å²) in [6, 6.07) is 17.5. The first-order valence-corrected chi connectivity index (χ1v) is 13.2. The standard InChI is InChI=1S/C28H35NO11/c1-15(31)29-20-22(33)21(32)18(12-30)38-28(20)40-25-24(35-13-16-8-4-2-5-9-16)23-19(37-26(25)34)14-36-27(39-23)17-10-6-3-7-11-17/h2-11,18-28,30,32-34H,12-14H2,1H3,(H,29,31). The Morgan fingerprint density at radius 1 is 0.950 bits per heavy atom. The normalized spacial score (nSPS) is 37.9. The molecule has 0 bridgehead atoms. The molecular weight excluding hydrogens is 526 g/mol. The van der Waals surface area contributed by atoms with E-state index in [-0.39, 0.29) is 13.2 Å². The summed E-state index contributed by atoms with van der Waals surface area (Å²) in [5.74, 6) is -0.508. The van der Waals surface area contributed by atoms with Crippen LogP contribution in [0.3, 0.4) is 0 Å².